The van der Waals surface area contributed by atoms with Crippen molar-refractivity contribution in [3.05, 3.63) is 35.8 Å². The molecule has 0 amide bonds. The van der Waals surface area contributed by atoms with Crippen molar-refractivity contribution in [2.75, 3.05) is 0 Å². The number of hydrogen-bond donors (Lipinski definition) is 1. The van der Waals surface area contributed by atoms with Gasteiger partial charge in [0.1, 0.15) is 5.76 Å². The van der Waals surface area contributed by atoms with E-state index in [9.17, 15) is 4.39 Å². The monoisotopic (exact) mass is 207 g/mol. The highest BCUT2D eigenvalue weighted by atomic mass is 19.1. The molecule has 15 heavy (non-hydrogen) atoms. The normalized spacial score (nSPS) is 13.7. The molecule has 2 rings (SSSR count). The van der Waals surface area contributed by atoms with Crippen LogP contribution in [0.25, 0.3) is 11.0 Å². The Morgan fingerprint density at radius 3 is 2.67 bits per heavy atom. The van der Waals surface area contributed by atoms with Crippen molar-refractivity contribution in [1.82, 2.24) is 0 Å². The first kappa shape index (κ1) is 10.2. The van der Waals surface area contributed by atoms with Crippen LogP contribution >= 0.6 is 0 Å². The van der Waals surface area contributed by atoms with Gasteiger partial charge in [0.15, 0.2) is 11.4 Å². The van der Waals surface area contributed by atoms with Crippen molar-refractivity contribution >= 4 is 11.0 Å². The minimum absolute atomic E-state index is 0.184. The molecule has 0 saturated heterocycles. The van der Waals surface area contributed by atoms with E-state index in [4.69, 9.17) is 10.2 Å². The average Bonchev–Trinajstić information content (AvgIpc) is 2.61. The molecule has 0 aliphatic rings. The Kier molecular flexibility index (Phi) is 2.49. The van der Waals surface area contributed by atoms with Gasteiger partial charge in [-0.25, -0.2) is 4.39 Å². The van der Waals surface area contributed by atoms with E-state index in [2.05, 4.69) is 0 Å². The second-order valence-electron chi connectivity index (χ2n) is 4.08. The van der Waals surface area contributed by atoms with Crippen molar-refractivity contribution in [3.8, 4) is 0 Å². The Morgan fingerprint density at radius 1 is 1.33 bits per heavy atom. The Balaban J connectivity index is 2.52. The quantitative estimate of drug-likeness (QED) is 0.821. The SMILES string of the molecule is CC(C)C(N)c1cc2cccc(F)c2o1. The van der Waals surface area contributed by atoms with Crippen LogP contribution in [0.1, 0.15) is 25.6 Å². The van der Waals surface area contributed by atoms with E-state index in [0.29, 0.717) is 11.3 Å². The zero-order valence-corrected chi connectivity index (χ0v) is 8.83. The number of benzene rings is 1. The molecular formula is C12H14FNO. The molecule has 0 saturated carbocycles. The maximum atomic E-state index is 13.3. The predicted octanol–water partition coefficient (Wildman–Crippen LogP) is 3.23. The van der Waals surface area contributed by atoms with Gasteiger partial charge in [0.2, 0.25) is 0 Å². The molecule has 2 aromatic rings. The van der Waals surface area contributed by atoms with Gasteiger partial charge >= 0.3 is 0 Å². The molecule has 0 aliphatic heterocycles. The molecule has 3 heteroatoms. The summed E-state index contributed by atoms with van der Waals surface area (Å²) in [7, 11) is 0. The van der Waals surface area contributed by atoms with Gasteiger partial charge in [-0.2, -0.15) is 0 Å². The Hall–Kier alpha value is -1.35. The lowest BCUT2D eigenvalue weighted by Gasteiger charge is -2.11. The Morgan fingerprint density at radius 2 is 2.07 bits per heavy atom. The van der Waals surface area contributed by atoms with Crippen LogP contribution in [-0.4, -0.2) is 0 Å². The van der Waals surface area contributed by atoms with Crippen LogP contribution < -0.4 is 5.73 Å². The van der Waals surface area contributed by atoms with Crippen LogP contribution in [-0.2, 0) is 0 Å². The fourth-order valence-corrected chi connectivity index (χ4v) is 1.54. The van der Waals surface area contributed by atoms with Gasteiger partial charge in [-0.15, -0.1) is 0 Å². The number of nitrogens with two attached hydrogens (primary N) is 1. The molecule has 2 nitrogen and oxygen atoms in total. The molecule has 0 bridgehead atoms. The number of rotatable bonds is 2. The van der Waals surface area contributed by atoms with Crippen LogP contribution in [0, 0.1) is 11.7 Å². The summed E-state index contributed by atoms with van der Waals surface area (Å²) in [5, 5.41) is 0.765. The number of halogens is 1. The van der Waals surface area contributed by atoms with E-state index in [1.165, 1.54) is 6.07 Å². The van der Waals surface area contributed by atoms with E-state index in [1.54, 1.807) is 6.07 Å². The highest BCUT2D eigenvalue weighted by Gasteiger charge is 2.16. The minimum Gasteiger partial charge on any atom is -0.456 e. The first-order valence-electron chi connectivity index (χ1n) is 5.03. The van der Waals surface area contributed by atoms with E-state index >= 15 is 0 Å². The smallest absolute Gasteiger partial charge is 0.169 e. The third kappa shape index (κ3) is 1.75. The lowest BCUT2D eigenvalue weighted by atomic mass is 10.0. The van der Waals surface area contributed by atoms with Crippen LogP contribution in [0.2, 0.25) is 0 Å². The van der Waals surface area contributed by atoms with Gasteiger partial charge in [0.05, 0.1) is 6.04 Å². The molecule has 0 spiro atoms. The molecular weight excluding hydrogens is 193 g/mol. The van der Waals surface area contributed by atoms with Gasteiger partial charge in [-0.1, -0.05) is 26.0 Å². The molecule has 0 fully saturated rings. The van der Waals surface area contributed by atoms with Crippen LogP contribution in [0.15, 0.2) is 28.7 Å². The van der Waals surface area contributed by atoms with Crippen molar-refractivity contribution in [1.29, 1.82) is 0 Å². The molecule has 80 valence electrons. The number of fused-ring (bicyclic) bond motifs is 1. The summed E-state index contributed by atoms with van der Waals surface area (Å²) in [6, 6.07) is 6.49. The zero-order chi connectivity index (χ0) is 11.0. The van der Waals surface area contributed by atoms with Crippen molar-refractivity contribution in [2.24, 2.45) is 11.7 Å². The molecule has 1 heterocycles. The molecule has 0 aliphatic carbocycles. The van der Waals surface area contributed by atoms with E-state index in [1.807, 2.05) is 26.0 Å². The standard InChI is InChI=1S/C12H14FNO/c1-7(2)11(14)10-6-8-4-3-5-9(13)12(8)15-10/h3-7,11H,14H2,1-2H3. The average molecular weight is 207 g/mol. The fourth-order valence-electron chi connectivity index (χ4n) is 1.54. The molecule has 1 atom stereocenters. The fraction of sp³-hybridized carbons (Fsp3) is 0.333. The molecule has 0 radical (unpaired) electrons. The third-order valence-electron chi connectivity index (χ3n) is 2.56. The summed E-state index contributed by atoms with van der Waals surface area (Å²) < 4.78 is 18.8. The highest BCUT2D eigenvalue weighted by molar-refractivity contribution is 5.78. The van der Waals surface area contributed by atoms with E-state index in [0.717, 1.165) is 5.39 Å². The largest absolute Gasteiger partial charge is 0.456 e. The summed E-state index contributed by atoms with van der Waals surface area (Å²) >= 11 is 0. The second-order valence-corrected chi connectivity index (χ2v) is 4.08. The molecule has 1 aromatic carbocycles. The van der Waals surface area contributed by atoms with E-state index in [-0.39, 0.29) is 17.8 Å². The minimum atomic E-state index is -0.338. The lowest BCUT2D eigenvalue weighted by Crippen LogP contribution is -2.15. The maximum Gasteiger partial charge on any atom is 0.169 e. The van der Waals surface area contributed by atoms with E-state index < -0.39 is 0 Å². The van der Waals surface area contributed by atoms with Crippen LogP contribution in [0.4, 0.5) is 4.39 Å². The van der Waals surface area contributed by atoms with Gasteiger partial charge in [-0.05, 0) is 18.1 Å². The summed E-state index contributed by atoms with van der Waals surface area (Å²) in [4.78, 5) is 0. The molecule has 1 unspecified atom stereocenters. The van der Waals surface area contributed by atoms with Gasteiger partial charge < -0.3 is 10.2 Å². The first-order chi connectivity index (χ1) is 7.09. The summed E-state index contributed by atoms with van der Waals surface area (Å²) in [5.74, 6) is 0.577. The van der Waals surface area contributed by atoms with Crippen molar-refractivity contribution in [2.45, 2.75) is 19.9 Å². The van der Waals surface area contributed by atoms with Gasteiger partial charge in [-0.3, -0.25) is 0 Å². The molecule has 2 N–H and O–H groups in total. The maximum absolute atomic E-state index is 13.3. The van der Waals surface area contributed by atoms with Crippen molar-refractivity contribution in [3.63, 3.8) is 0 Å². The van der Waals surface area contributed by atoms with Gasteiger partial charge in [0, 0.05) is 5.39 Å². The predicted molar refractivity (Wildman–Crippen MR) is 57.9 cm³/mol. The topological polar surface area (TPSA) is 39.2 Å². The number of hydrogen-bond acceptors (Lipinski definition) is 2. The first-order valence-corrected chi connectivity index (χ1v) is 5.03. The summed E-state index contributed by atoms with van der Waals surface area (Å²) in [5.41, 5.74) is 6.23. The summed E-state index contributed by atoms with van der Waals surface area (Å²) in [6.45, 7) is 4.02. The highest BCUT2D eigenvalue weighted by Crippen LogP contribution is 2.27. The number of furan rings is 1. The number of para-hydroxylation sites is 1. The van der Waals surface area contributed by atoms with Crippen LogP contribution in [0.3, 0.4) is 0 Å². The third-order valence-corrected chi connectivity index (χ3v) is 2.56. The Labute approximate surface area is 87.9 Å². The van der Waals surface area contributed by atoms with Crippen molar-refractivity contribution < 1.29 is 8.81 Å². The Bertz CT molecular complexity index is 475. The van der Waals surface area contributed by atoms with Crippen LogP contribution in [0.5, 0.6) is 0 Å². The lowest BCUT2D eigenvalue weighted by molar-refractivity contribution is 0.413. The molecule has 1 aromatic heterocycles. The second kappa shape index (κ2) is 3.66. The zero-order valence-electron chi connectivity index (χ0n) is 8.83. The summed E-state index contributed by atoms with van der Waals surface area (Å²) in [6.07, 6.45) is 0. The van der Waals surface area contributed by atoms with Gasteiger partial charge in [0.25, 0.3) is 0 Å².